The highest BCUT2D eigenvalue weighted by Crippen LogP contribution is 2.15. The molecule has 0 bridgehead atoms. The summed E-state index contributed by atoms with van der Waals surface area (Å²) in [5.74, 6) is 0.845. The minimum atomic E-state index is 0.445. The fourth-order valence-electron chi connectivity index (χ4n) is 1.49. The van der Waals surface area contributed by atoms with Gasteiger partial charge >= 0.3 is 0 Å². The summed E-state index contributed by atoms with van der Waals surface area (Å²) in [6, 6.07) is 7.86. The summed E-state index contributed by atoms with van der Waals surface area (Å²) in [6.45, 7) is 0.698. The third-order valence-electron chi connectivity index (χ3n) is 2.44. The zero-order valence-electron chi connectivity index (χ0n) is 9.48. The average molecular weight is 252 g/mol. The maximum Gasteiger partial charge on any atom is 0.144 e. The highest BCUT2D eigenvalue weighted by Gasteiger charge is 2.08. The molecule has 0 aromatic heterocycles. The van der Waals surface area contributed by atoms with E-state index in [9.17, 15) is 0 Å². The third kappa shape index (κ3) is 2.85. The van der Waals surface area contributed by atoms with Crippen molar-refractivity contribution in [3.63, 3.8) is 0 Å². The highest BCUT2D eigenvalue weighted by atomic mass is 35.5. The Labute approximate surface area is 105 Å². The molecule has 17 heavy (non-hydrogen) atoms. The number of hydrazine groups is 1. The summed E-state index contributed by atoms with van der Waals surface area (Å²) in [7, 11) is 1.65. The maximum atomic E-state index is 5.91. The van der Waals surface area contributed by atoms with Crippen LogP contribution in [0.15, 0.2) is 47.4 Å². The van der Waals surface area contributed by atoms with Crippen molar-refractivity contribution in [3.05, 3.63) is 53.0 Å². The monoisotopic (exact) mass is 251 g/mol. The molecular formula is C12H14ClN3O. The van der Waals surface area contributed by atoms with E-state index in [-0.39, 0.29) is 0 Å². The molecule has 0 saturated carbocycles. The number of nitrogens with two attached hydrogens (primary N) is 1. The van der Waals surface area contributed by atoms with E-state index in [2.05, 4.69) is 5.43 Å². The second kappa shape index (κ2) is 5.01. The number of ether oxygens (including phenoxy) is 1. The van der Waals surface area contributed by atoms with Gasteiger partial charge in [-0.2, -0.15) is 0 Å². The molecule has 0 saturated heterocycles. The fourth-order valence-corrected chi connectivity index (χ4v) is 1.66. The first-order valence-electron chi connectivity index (χ1n) is 5.18. The number of halogens is 1. The Kier molecular flexibility index (Phi) is 3.44. The molecule has 0 amide bonds. The van der Waals surface area contributed by atoms with E-state index >= 15 is 0 Å². The zero-order chi connectivity index (χ0) is 12.3. The Morgan fingerprint density at radius 1 is 1.35 bits per heavy atom. The van der Waals surface area contributed by atoms with Crippen LogP contribution < -0.4 is 15.9 Å². The van der Waals surface area contributed by atoms with E-state index in [0.29, 0.717) is 17.4 Å². The van der Waals surface area contributed by atoms with Crippen molar-refractivity contribution < 1.29 is 4.74 Å². The summed E-state index contributed by atoms with van der Waals surface area (Å²) in [4.78, 5) is 0. The van der Waals surface area contributed by atoms with E-state index in [1.807, 2.05) is 35.5 Å². The molecule has 0 spiro atoms. The van der Waals surface area contributed by atoms with Crippen molar-refractivity contribution in [2.45, 2.75) is 6.54 Å². The van der Waals surface area contributed by atoms with Crippen LogP contribution >= 0.6 is 11.6 Å². The maximum absolute atomic E-state index is 5.91. The van der Waals surface area contributed by atoms with Gasteiger partial charge in [0.15, 0.2) is 0 Å². The van der Waals surface area contributed by atoms with Crippen LogP contribution in [-0.2, 0) is 6.54 Å². The Morgan fingerprint density at radius 2 is 2.06 bits per heavy atom. The lowest BCUT2D eigenvalue weighted by Gasteiger charge is -2.25. The van der Waals surface area contributed by atoms with Crippen LogP contribution in [0, 0.1) is 0 Å². The third-order valence-corrected chi connectivity index (χ3v) is 2.74. The largest absolute Gasteiger partial charge is 0.497 e. The van der Waals surface area contributed by atoms with Crippen LogP contribution in [0.4, 0.5) is 0 Å². The van der Waals surface area contributed by atoms with Gasteiger partial charge in [-0.25, -0.2) is 0 Å². The van der Waals surface area contributed by atoms with Crippen molar-refractivity contribution in [1.29, 1.82) is 0 Å². The number of rotatable bonds is 3. The standard InChI is InChI=1S/C12H14ClN3O/c1-17-10-4-2-9(3-5-10)8-16-7-6-11(14)12(13)15-16/h2-7,15H,8,14H2,1H3. The number of hydrogen-bond acceptors (Lipinski definition) is 4. The summed E-state index contributed by atoms with van der Waals surface area (Å²) < 4.78 is 5.10. The van der Waals surface area contributed by atoms with Crippen LogP contribution in [0.2, 0.25) is 0 Å². The lowest BCUT2D eigenvalue weighted by Crippen LogP contribution is -2.34. The van der Waals surface area contributed by atoms with E-state index < -0.39 is 0 Å². The van der Waals surface area contributed by atoms with Crippen molar-refractivity contribution >= 4 is 11.6 Å². The molecule has 0 atom stereocenters. The SMILES string of the molecule is COc1ccc(CN2C=CC(N)=C(Cl)N2)cc1. The molecule has 0 radical (unpaired) electrons. The summed E-state index contributed by atoms with van der Waals surface area (Å²) in [6.07, 6.45) is 3.62. The van der Waals surface area contributed by atoms with E-state index in [0.717, 1.165) is 11.3 Å². The van der Waals surface area contributed by atoms with Gasteiger partial charge in [-0.3, -0.25) is 10.4 Å². The van der Waals surface area contributed by atoms with Gasteiger partial charge in [0.25, 0.3) is 0 Å². The number of allylic oxidation sites excluding steroid dienone is 1. The minimum absolute atomic E-state index is 0.445. The molecule has 1 heterocycles. The molecular weight excluding hydrogens is 238 g/mol. The topological polar surface area (TPSA) is 50.5 Å². The van der Waals surface area contributed by atoms with E-state index in [1.165, 1.54) is 0 Å². The molecule has 0 unspecified atom stereocenters. The van der Waals surface area contributed by atoms with Gasteiger partial charge < -0.3 is 10.5 Å². The molecule has 1 aromatic carbocycles. The highest BCUT2D eigenvalue weighted by molar-refractivity contribution is 6.29. The molecule has 3 N–H and O–H groups in total. The molecule has 5 heteroatoms. The van der Waals surface area contributed by atoms with Crippen LogP contribution in [0.3, 0.4) is 0 Å². The Morgan fingerprint density at radius 3 is 2.65 bits per heavy atom. The first-order valence-corrected chi connectivity index (χ1v) is 5.56. The van der Waals surface area contributed by atoms with E-state index in [1.54, 1.807) is 13.2 Å². The number of methoxy groups -OCH3 is 1. The second-order valence-corrected chi connectivity index (χ2v) is 4.05. The molecule has 0 fully saturated rings. The van der Waals surface area contributed by atoms with Gasteiger partial charge in [0.2, 0.25) is 0 Å². The van der Waals surface area contributed by atoms with Crippen molar-refractivity contribution in [2.24, 2.45) is 5.73 Å². The lowest BCUT2D eigenvalue weighted by molar-refractivity contribution is 0.297. The van der Waals surface area contributed by atoms with Gasteiger partial charge in [0.05, 0.1) is 19.4 Å². The summed E-state index contributed by atoms with van der Waals surface area (Å²) in [5.41, 5.74) is 10.3. The lowest BCUT2D eigenvalue weighted by atomic mass is 10.2. The molecule has 0 aliphatic carbocycles. The van der Waals surface area contributed by atoms with Gasteiger partial charge in [0.1, 0.15) is 10.9 Å². The minimum Gasteiger partial charge on any atom is -0.497 e. The van der Waals surface area contributed by atoms with Crippen molar-refractivity contribution in [1.82, 2.24) is 10.4 Å². The van der Waals surface area contributed by atoms with Gasteiger partial charge in [0, 0.05) is 6.20 Å². The Bertz CT molecular complexity index is 453. The number of nitrogens with one attached hydrogen (secondary N) is 1. The van der Waals surface area contributed by atoms with Crippen LogP contribution in [0.1, 0.15) is 5.56 Å². The average Bonchev–Trinajstić information content (AvgIpc) is 2.35. The van der Waals surface area contributed by atoms with Crippen molar-refractivity contribution in [2.75, 3.05) is 7.11 Å². The number of hydrogen-bond donors (Lipinski definition) is 2. The Hall–Kier alpha value is -1.81. The van der Waals surface area contributed by atoms with E-state index in [4.69, 9.17) is 22.1 Å². The summed E-state index contributed by atoms with van der Waals surface area (Å²) >= 11 is 5.91. The summed E-state index contributed by atoms with van der Waals surface area (Å²) in [5, 5.41) is 2.31. The van der Waals surface area contributed by atoms with Crippen LogP contribution in [-0.4, -0.2) is 12.1 Å². The first-order chi connectivity index (χ1) is 8.19. The predicted molar refractivity (Wildman–Crippen MR) is 67.9 cm³/mol. The normalized spacial score (nSPS) is 14.8. The second-order valence-electron chi connectivity index (χ2n) is 3.67. The van der Waals surface area contributed by atoms with Crippen LogP contribution in [0.25, 0.3) is 0 Å². The Balaban J connectivity index is 2.00. The molecule has 4 nitrogen and oxygen atoms in total. The molecule has 90 valence electrons. The first kappa shape index (κ1) is 11.7. The smallest absolute Gasteiger partial charge is 0.144 e. The zero-order valence-corrected chi connectivity index (χ0v) is 10.2. The quantitative estimate of drug-likeness (QED) is 0.806. The van der Waals surface area contributed by atoms with Crippen molar-refractivity contribution in [3.8, 4) is 5.75 Å². The van der Waals surface area contributed by atoms with Gasteiger partial charge in [-0.1, -0.05) is 23.7 Å². The predicted octanol–water partition coefficient (Wildman–Crippen LogP) is 1.90. The molecule has 1 aromatic rings. The number of benzene rings is 1. The fraction of sp³-hybridized carbons (Fsp3) is 0.167. The van der Waals surface area contributed by atoms with Crippen LogP contribution in [0.5, 0.6) is 5.75 Å². The molecule has 1 aliphatic rings. The van der Waals surface area contributed by atoms with Gasteiger partial charge in [-0.05, 0) is 23.8 Å². The molecule has 2 rings (SSSR count). The van der Waals surface area contributed by atoms with Gasteiger partial charge in [-0.15, -0.1) is 0 Å². The molecule has 1 aliphatic heterocycles. The number of nitrogens with zero attached hydrogens (tertiary/aromatic N) is 1.